The van der Waals surface area contributed by atoms with Crippen molar-refractivity contribution in [2.24, 2.45) is 10.9 Å². The Kier molecular flexibility index (Phi) is 4.56. The summed E-state index contributed by atoms with van der Waals surface area (Å²) in [6.07, 6.45) is 1.96. The number of sulfonamides is 1. The molecule has 4 N–H and O–H groups in total. The molecule has 1 unspecified atom stereocenters. The molecule has 0 saturated heterocycles. The van der Waals surface area contributed by atoms with Crippen LogP contribution in [-0.2, 0) is 10.0 Å². The van der Waals surface area contributed by atoms with E-state index in [-0.39, 0.29) is 17.2 Å². The van der Waals surface area contributed by atoms with E-state index in [0.29, 0.717) is 0 Å². The molecule has 9 heteroatoms. The topological polar surface area (TPSA) is 118 Å². The zero-order chi connectivity index (χ0) is 13.8. The van der Waals surface area contributed by atoms with Gasteiger partial charge in [-0.15, -0.1) is 0 Å². The second kappa shape index (κ2) is 5.74. The van der Waals surface area contributed by atoms with Gasteiger partial charge in [0.25, 0.3) is 0 Å². The number of oxime groups is 1. The van der Waals surface area contributed by atoms with Crippen molar-refractivity contribution in [2.45, 2.75) is 24.3 Å². The molecule has 0 saturated carbocycles. The van der Waals surface area contributed by atoms with Gasteiger partial charge in [0, 0.05) is 18.7 Å². The van der Waals surface area contributed by atoms with Crippen molar-refractivity contribution in [2.75, 3.05) is 0 Å². The molecule has 0 aromatic carbocycles. The number of rotatable bonds is 5. The highest BCUT2D eigenvalue weighted by Crippen LogP contribution is 2.09. The highest BCUT2D eigenvalue weighted by molar-refractivity contribution is 7.89. The first-order valence-electron chi connectivity index (χ1n) is 4.94. The Hall–Kier alpha value is -1.74. The zero-order valence-corrected chi connectivity index (χ0v) is 10.4. The predicted molar refractivity (Wildman–Crippen MR) is 62.0 cm³/mol. The Balaban J connectivity index is 2.83. The molecule has 0 spiro atoms. The molecule has 1 aromatic rings. The van der Waals surface area contributed by atoms with Crippen molar-refractivity contribution in [3.8, 4) is 0 Å². The number of amidine groups is 1. The molecule has 0 aliphatic heterocycles. The molecular weight excluding hydrogens is 263 g/mol. The van der Waals surface area contributed by atoms with Crippen LogP contribution in [0.25, 0.3) is 0 Å². The number of aromatic nitrogens is 1. The zero-order valence-electron chi connectivity index (χ0n) is 9.54. The Morgan fingerprint density at radius 3 is 2.89 bits per heavy atom. The lowest BCUT2D eigenvalue weighted by atomic mass is 10.2. The van der Waals surface area contributed by atoms with Gasteiger partial charge >= 0.3 is 0 Å². The fourth-order valence-corrected chi connectivity index (χ4v) is 2.48. The van der Waals surface area contributed by atoms with Crippen LogP contribution < -0.4 is 10.5 Å². The van der Waals surface area contributed by atoms with Gasteiger partial charge in [0.1, 0.15) is 16.5 Å². The molecule has 1 heterocycles. The largest absolute Gasteiger partial charge is 0.409 e. The normalized spacial score (nSPS) is 14.4. The minimum Gasteiger partial charge on any atom is -0.409 e. The number of hydrogen-bond donors (Lipinski definition) is 3. The molecule has 18 heavy (non-hydrogen) atoms. The summed E-state index contributed by atoms with van der Waals surface area (Å²) in [5.74, 6) is -0.857. The second-order valence-electron chi connectivity index (χ2n) is 3.66. The van der Waals surface area contributed by atoms with E-state index in [1.807, 2.05) is 0 Å². The van der Waals surface area contributed by atoms with Crippen LogP contribution in [0.5, 0.6) is 0 Å². The predicted octanol–water partition coefficient (Wildman–Crippen LogP) is 0.0240. The second-order valence-corrected chi connectivity index (χ2v) is 5.37. The average molecular weight is 276 g/mol. The van der Waals surface area contributed by atoms with Gasteiger partial charge < -0.3 is 10.9 Å². The minimum absolute atomic E-state index is 0.0263. The highest BCUT2D eigenvalue weighted by atomic mass is 32.2. The first-order valence-corrected chi connectivity index (χ1v) is 6.42. The van der Waals surface area contributed by atoms with Gasteiger partial charge in [0.05, 0.1) is 6.20 Å². The lowest BCUT2D eigenvalue weighted by molar-refractivity contribution is 0.316. The van der Waals surface area contributed by atoms with E-state index in [1.165, 1.54) is 6.92 Å². The molecule has 7 nitrogen and oxygen atoms in total. The summed E-state index contributed by atoms with van der Waals surface area (Å²) in [6, 6.07) is 0.250. The third kappa shape index (κ3) is 3.93. The summed E-state index contributed by atoms with van der Waals surface area (Å²) in [7, 11) is -3.88. The molecule has 0 radical (unpaired) electrons. The molecular formula is C9H13FN4O3S. The van der Waals surface area contributed by atoms with E-state index in [1.54, 1.807) is 0 Å². The van der Waals surface area contributed by atoms with Crippen LogP contribution in [0.15, 0.2) is 28.5 Å². The highest BCUT2D eigenvalue weighted by Gasteiger charge is 2.19. The number of nitrogens with zero attached hydrogens (tertiary/aromatic N) is 2. The fraction of sp³-hybridized carbons (Fsp3) is 0.333. The van der Waals surface area contributed by atoms with Gasteiger partial charge in [-0.05, 0) is 13.0 Å². The summed E-state index contributed by atoms with van der Waals surface area (Å²) in [4.78, 5) is 3.17. The van der Waals surface area contributed by atoms with Crippen LogP contribution in [0.1, 0.15) is 13.3 Å². The fourth-order valence-electron chi connectivity index (χ4n) is 1.27. The number of nitrogens with one attached hydrogen (secondary N) is 1. The van der Waals surface area contributed by atoms with Gasteiger partial charge in [-0.3, -0.25) is 4.98 Å². The Morgan fingerprint density at radius 2 is 2.33 bits per heavy atom. The van der Waals surface area contributed by atoms with Crippen LogP contribution in [0.3, 0.4) is 0 Å². The average Bonchev–Trinajstić information content (AvgIpc) is 2.28. The minimum atomic E-state index is -3.88. The first-order chi connectivity index (χ1) is 8.35. The molecule has 100 valence electrons. The lowest BCUT2D eigenvalue weighted by Gasteiger charge is -2.13. The summed E-state index contributed by atoms with van der Waals surface area (Å²) in [6.45, 7) is 1.53. The Morgan fingerprint density at radius 1 is 1.67 bits per heavy atom. The van der Waals surface area contributed by atoms with E-state index in [0.717, 1.165) is 18.5 Å². The van der Waals surface area contributed by atoms with Crippen LogP contribution in [0.2, 0.25) is 0 Å². The van der Waals surface area contributed by atoms with Crippen LogP contribution >= 0.6 is 0 Å². The quantitative estimate of drug-likeness (QED) is 0.303. The van der Waals surface area contributed by atoms with Crippen molar-refractivity contribution in [3.63, 3.8) is 0 Å². The van der Waals surface area contributed by atoms with Gasteiger partial charge in [0.2, 0.25) is 10.0 Å². The van der Waals surface area contributed by atoms with E-state index in [2.05, 4.69) is 14.9 Å². The molecule has 1 atom stereocenters. The van der Waals surface area contributed by atoms with Crippen molar-refractivity contribution in [3.05, 3.63) is 24.3 Å². The van der Waals surface area contributed by atoms with Crippen LogP contribution in [0, 0.1) is 5.82 Å². The summed E-state index contributed by atoms with van der Waals surface area (Å²) in [5.41, 5.74) is 5.25. The number of pyridine rings is 1. The SMILES string of the molecule is CC(CC(N)=NO)NS(=O)(=O)c1cncc(F)c1. The molecule has 1 rings (SSSR count). The third-order valence-electron chi connectivity index (χ3n) is 1.99. The van der Waals surface area contributed by atoms with Gasteiger partial charge in [-0.1, -0.05) is 5.16 Å². The summed E-state index contributed by atoms with van der Waals surface area (Å²) >= 11 is 0. The third-order valence-corrected chi connectivity index (χ3v) is 3.55. The molecule has 0 aliphatic carbocycles. The van der Waals surface area contributed by atoms with Crippen LogP contribution in [0.4, 0.5) is 4.39 Å². The lowest BCUT2D eigenvalue weighted by Crippen LogP contribution is -2.35. The first kappa shape index (κ1) is 14.3. The molecule has 0 amide bonds. The maximum atomic E-state index is 12.9. The molecule has 1 aromatic heterocycles. The van der Waals surface area contributed by atoms with E-state index in [4.69, 9.17) is 10.9 Å². The smallest absolute Gasteiger partial charge is 0.242 e. The number of halogens is 1. The van der Waals surface area contributed by atoms with Crippen molar-refractivity contribution in [1.29, 1.82) is 0 Å². The monoisotopic (exact) mass is 276 g/mol. The Labute approximate surface area is 104 Å². The molecule has 0 fully saturated rings. The standard InChI is InChI=1S/C9H13FN4O3S/c1-6(2-9(11)13-15)14-18(16,17)8-3-7(10)4-12-5-8/h3-6,14-15H,2H2,1H3,(H2,11,13). The van der Waals surface area contributed by atoms with E-state index in [9.17, 15) is 12.8 Å². The summed E-state index contributed by atoms with van der Waals surface area (Å²) < 4.78 is 38.7. The van der Waals surface area contributed by atoms with Gasteiger partial charge in [0.15, 0.2) is 0 Å². The van der Waals surface area contributed by atoms with Gasteiger partial charge in [-0.25, -0.2) is 17.5 Å². The van der Waals surface area contributed by atoms with Crippen LogP contribution in [-0.4, -0.2) is 30.5 Å². The van der Waals surface area contributed by atoms with Crippen molar-refractivity contribution < 1.29 is 18.0 Å². The molecule has 0 aliphatic rings. The number of nitrogens with two attached hydrogens (primary N) is 1. The van der Waals surface area contributed by atoms with E-state index >= 15 is 0 Å². The number of hydrogen-bond acceptors (Lipinski definition) is 5. The van der Waals surface area contributed by atoms with Crippen molar-refractivity contribution in [1.82, 2.24) is 9.71 Å². The molecule has 0 bridgehead atoms. The maximum Gasteiger partial charge on any atom is 0.242 e. The van der Waals surface area contributed by atoms with Crippen molar-refractivity contribution >= 4 is 15.9 Å². The van der Waals surface area contributed by atoms with E-state index < -0.39 is 21.9 Å². The summed E-state index contributed by atoms with van der Waals surface area (Å²) in [5, 5.41) is 11.1. The Bertz CT molecular complexity index is 546. The maximum absolute atomic E-state index is 12.9. The van der Waals surface area contributed by atoms with Gasteiger partial charge in [-0.2, -0.15) is 0 Å².